The number of amides is 1. The molecule has 0 saturated carbocycles. The number of primary amides is 1. The number of hydrogen-bond donors (Lipinski definition) is 2. The third kappa shape index (κ3) is 3.84. The average Bonchev–Trinajstić information content (AvgIpc) is 2.63. The minimum atomic E-state index is -0.636. The first kappa shape index (κ1) is 14.7. The summed E-state index contributed by atoms with van der Waals surface area (Å²) >= 11 is 0. The molecule has 3 N–H and O–H groups in total. The van der Waals surface area contributed by atoms with Crippen molar-refractivity contribution >= 4 is 5.91 Å². The largest absolute Gasteiger partial charge is 0.368 e. The van der Waals surface area contributed by atoms with E-state index in [9.17, 15) is 4.79 Å². The Bertz CT molecular complexity index is 399. The maximum absolute atomic E-state index is 11.6. The van der Waals surface area contributed by atoms with Gasteiger partial charge in [0.25, 0.3) is 0 Å². The lowest BCUT2D eigenvalue weighted by Crippen LogP contribution is -2.55. The van der Waals surface area contributed by atoms with Gasteiger partial charge in [-0.05, 0) is 40.5 Å². The van der Waals surface area contributed by atoms with Gasteiger partial charge in [-0.25, -0.2) is 4.98 Å². The molecule has 0 aliphatic carbocycles. The maximum atomic E-state index is 11.6. The van der Waals surface area contributed by atoms with Gasteiger partial charge in [0, 0.05) is 25.0 Å². The van der Waals surface area contributed by atoms with Gasteiger partial charge in [-0.3, -0.25) is 4.79 Å². The number of nitrogens with one attached hydrogen (secondary N) is 1. The van der Waals surface area contributed by atoms with Crippen LogP contribution in [-0.2, 0) is 11.3 Å². The zero-order valence-corrected chi connectivity index (χ0v) is 11.7. The van der Waals surface area contributed by atoms with Crippen molar-refractivity contribution in [3.05, 3.63) is 18.2 Å². The molecule has 1 rings (SSSR count). The van der Waals surface area contributed by atoms with Crippen molar-refractivity contribution in [1.29, 1.82) is 0 Å². The summed E-state index contributed by atoms with van der Waals surface area (Å²) in [5.74, 6) is 0.700. The second-order valence-electron chi connectivity index (χ2n) is 5.27. The Kier molecular flexibility index (Phi) is 4.90. The van der Waals surface area contributed by atoms with Gasteiger partial charge in [-0.15, -0.1) is 0 Å². The van der Waals surface area contributed by atoms with Crippen LogP contribution in [0.1, 0.15) is 39.4 Å². The summed E-state index contributed by atoms with van der Waals surface area (Å²) in [5, 5.41) is 3.25. The SMILES string of the molecule is Cc1nccn1CCCC(C)(NC(C)C)C(N)=O. The van der Waals surface area contributed by atoms with Crippen LogP contribution in [0, 0.1) is 6.92 Å². The van der Waals surface area contributed by atoms with Crippen LogP contribution in [0.4, 0.5) is 0 Å². The highest BCUT2D eigenvalue weighted by atomic mass is 16.1. The van der Waals surface area contributed by atoms with Gasteiger partial charge >= 0.3 is 0 Å². The van der Waals surface area contributed by atoms with E-state index < -0.39 is 5.54 Å². The minimum absolute atomic E-state index is 0.234. The highest BCUT2D eigenvalue weighted by Gasteiger charge is 2.30. The number of rotatable bonds is 7. The lowest BCUT2D eigenvalue weighted by Gasteiger charge is -2.30. The minimum Gasteiger partial charge on any atom is -0.368 e. The van der Waals surface area contributed by atoms with E-state index in [1.807, 2.05) is 33.9 Å². The van der Waals surface area contributed by atoms with Gasteiger partial charge in [0.05, 0.1) is 5.54 Å². The Morgan fingerprint density at radius 3 is 2.72 bits per heavy atom. The van der Waals surface area contributed by atoms with Crippen LogP contribution < -0.4 is 11.1 Å². The van der Waals surface area contributed by atoms with E-state index in [0.29, 0.717) is 0 Å². The predicted octanol–water partition coefficient (Wildman–Crippen LogP) is 1.21. The molecule has 5 heteroatoms. The number of carbonyl (C=O) groups excluding carboxylic acids is 1. The standard InChI is InChI=1S/C13H24N4O/c1-10(2)16-13(4,12(14)18)6-5-8-17-9-7-15-11(17)3/h7,9-10,16H,5-6,8H2,1-4H3,(H2,14,18). The zero-order chi connectivity index (χ0) is 13.8. The fraction of sp³-hybridized carbons (Fsp3) is 0.692. The molecular weight excluding hydrogens is 228 g/mol. The summed E-state index contributed by atoms with van der Waals surface area (Å²) in [5.41, 5.74) is 4.85. The van der Waals surface area contributed by atoms with Crippen molar-refractivity contribution in [2.75, 3.05) is 0 Å². The molecule has 0 saturated heterocycles. The van der Waals surface area contributed by atoms with E-state index in [4.69, 9.17) is 5.73 Å². The van der Waals surface area contributed by atoms with E-state index in [1.165, 1.54) is 0 Å². The average molecular weight is 252 g/mol. The third-order valence-electron chi connectivity index (χ3n) is 3.15. The van der Waals surface area contributed by atoms with E-state index in [1.54, 1.807) is 6.20 Å². The molecule has 1 unspecified atom stereocenters. The number of carbonyl (C=O) groups is 1. The highest BCUT2D eigenvalue weighted by molar-refractivity contribution is 5.84. The second kappa shape index (κ2) is 6.00. The van der Waals surface area contributed by atoms with Crippen LogP contribution in [0.3, 0.4) is 0 Å². The fourth-order valence-corrected chi connectivity index (χ4v) is 2.15. The van der Waals surface area contributed by atoms with Crippen molar-refractivity contribution in [3.63, 3.8) is 0 Å². The molecule has 0 aromatic carbocycles. The molecule has 1 aromatic rings. The molecule has 1 heterocycles. The molecule has 18 heavy (non-hydrogen) atoms. The van der Waals surface area contributed by atoms with E-state index in [-0.39, 0.29) is 11.9 Å². The first-order chi connectivity index (χ1) is 8.35. The van der Waals surface area contributed by atoms with Crippen molar-refractivity contribution in [2.24, 2.45) is 5.73 Å². The molecule has 1 aromatic heterocycles. The summed E-state index contributed by atoms with van der Waals surface area (Å²) < 4.78 is 2.08. The normalized spacial score (nSPS) is 14.7. The van der Waals surface area contributed by atoms with Gasteiger partial charge in [-0.1, -0.05) is 0 Å². The van der Waals surface area contributed by atoms with Crippen molar-refractivity contribution in [2.45, 2.75) is 58.7 Å². The van der Waals surface area contributed by atoms with Gasteiger partial charge in [0.2, 0.25) is 5.91 Å². The van der Waals surface area contributed by atoms with Crippen LogP contribution in [0.25, 0.3) is 0 Å². The molecule has 0 spiro atoms. The number of aryl methyl sites for hydroxylation is 2. The molecule has 0 bridgehead atoms. The quantitative estimate of drug-likeness (QED) is 0.766. The number of aromatic nitrogens is 2. The summed E-state index contributed by atoms with van der Waals surface area (Å²) in [4.78, 5) is 15.7. The lowest BCUT2D eigenvalue weighted by molar-refractivity contribution is -0.124. The lowest BCUT2D eigenvalue weighted by atomic mass is 9.94. The molecule has 5 nitrogen and oxygen atoms in total. The molecular formula is C13H24N4O. The Hall–Kier alpha value is -1.36. The zero-order valence-electron chi connectivity index (χ0n) is 11.7. The summed E-state index contributed by atoms with van der Waals surface area (Å²) in [6.45, 7) is 8.73. The molecule has 0 fully saturated rings. The van der Waals surface area contributed by atoms with Crippen LogP contribution >= 0.6 is 0 Å². The van der Waals surface area contributed by atoms with Gasteiger partial charge in [0.1, 0.15) is 5.82 Å². The number of nitrogens with two attached hydrogens (primary N) is 1. The second-order valence-corrected chi connectivity index (χ2v) is 5.27. The van der Waals surface area contributed by atoms with Gasteiger partial charge < -0.3 is 15.6 Å². The molecule has 0 aliphatic rings. The Morgan fingerprint density at radius 1 is 1.61 bits per heavy atom. The number of nitrogens with zero attached hydrogens (tertiary/aromatic N) is 2. The first-order valence-electron chi connectivity index (χ1n) is 6.40. The Balaban J connectivity index is 2.53. The van der Waals surface area contributed by atoms with Gasteiger partial charge in [-0.2, -0.15) is 0 Å². The molecule has 0 aliphatic heterocycles. The fourth-order valence-electron chi connectivity index (χ4n) is 2.15. The predicted molar refractivity (Wildman–Crippen MR) is 72.1 cm³/mol. The first-order valence-corrected chi connectivity index (χ1v) is 6.40. The Morgan fingerprint density at radius 2 is 2.28 bits per heavy atom. The van der Waals surface area contributed by atoms with Crippen LogP contribution in [-0.4, -0.2) is 27.0 Å². The van der Waals surface area contributed by atoms with Crippen LogP contribution in [0.2, 0.25) is 0 Å². The third-order valence-corrected chi connectivity index (χ3v) is 3.15. The van der Waals surface area contributed by atoms with Crippen LogP contribution in [0.15, 0.2) is 12.4 Å². The van der Waals surface area contributed by atoms with Gasteiger partial charge in [0.15, 0.2) is 0 Å². The highest BCUT2D eigenvalue weighted by Crippen LogP contribution is 2.14. The van der Waals surface area contributed by atoms with E-state index >= 15 is 0 Å². The summed E-state index contributed by atoms with van der Waals surface area (Å²) in [6.07, 6.45) is 5.34. The van der Waals surface area contributed by atoms with Crippen LogP contribution in [0.5, 0.6) is 0 Å². The van der Waals surface area contributed by atoms with E-state index in [0.717, 1.165) is 25.2 Å². The smallest absolute Gasteiger partial charge is 0.237 e. The maximum Gasteiger partial charge on any atom is 0.237 e. The van der Waals surface area contributed by atoms with E-state index in [2.05, 4.69) is 14.9 Å². The summed E-state index contributed by atoms with van der Waals surface area (Å²) in [6, 6.07) is 0.234. The number of hydrogen-bond acceptors (Lipinski definition) is 3. The Labute approximate surface area is 109 Å². The topological polar surface area (TPSA) is 72.9 Å². The van der Waals surface area contributed by atoms with Crippen molar-refractivity contribution < 1.29 is 4.79 Å². The number of imidazole rings is 1. The molecule has 0 radical (unpaired) electrons. The molecule has 1 amide bonds. The van der Waals surface area contributed by atoms with Crippen molar-refractivity contribution in [3.8, 4) is 0 Å². The summed E-state index contributed by atoms with van der Waals surface area (Å²) in [7, 11) is 0. The monoisotopic (exact) mass is 252 g/mol. The van der Waals surface area contributed by atoms with Crippen molar-refractivity contribution in [1.82, 2.24) is 14.9 Å². The molecule has 102 valence electrons. The molecule has 1 atom stereocenters.